The first-order valence-corrected chi connectivity index (χ1v) is 11.5. The van der Waals surface area contributed by atoms with Crippen LogP contribution in [0.2, 0.25) is 0 Å². The number of nitrogens with one attached hydrogen (secondary N) is 2. The first-order chi connectivity index (χ1) is 15.9. The normalized spacial score (nSPS) is 12.5. The van der Waals surface area contributed by atoms with E-state index < -0.39 is 17.0 Å². The fraction of sp³-hybridized carbons (Fsp3) is 0.292. The quantitative estimate of drug-likeness (QED) is 0.349. The fourth-order valence-electron chi connectivity index (χ4n) is 3.41. The second-order valence-electron chi connectivity index (χ2n) is 7.66. The number of non-ortho nitro benzene ring substituents is 1. The summed E-state index contributed by atoms with van der Waals surface area (Å²) in [5, 5.41) is 19.4. The topological polar surface area (TPSA) is 114 Å². The zero-order valence-corrected chi connectivity index (χ0v) is 19.3. The summed E-state index contributed by atoms with van der Waals surface area (Å²) in [6.45, 7) is 3.39. The summed E-state index contributed by atoms with van der Waals surface area (Å²) in [7, 11) is 0. The first-order valence-electron chi connectivity index (χ1n) is 10.6. The summed E-state index contributed by atoms with van der Waals surface area (Å²) < 4.78 is 0. The van der Waals surface area contributed by atoms with Crippen molar-refractivity contribution in [3.8, 4) is 0 Å². The van der Waals surface area contributed by atoms with E-state index in [-0.39, 0.29) is 17.5 Å². The lowest BCUT2D eigenvalue weighted by atomic mass is 10.0. The Morgan fingerprint density at radius 1 is 1.03 bits per heavy atom. The number of rotatable bonds is 10. The molecule has 0 saturated heterocycles. The number of amides is 2. The van der Waals surface area contributed by atoms with Gasteiger partial charge in [0.2, 0.25) is 11.8 Å². The Balaban J connectivity index is 1.82. The molecule has 9 heteroatoms. The number of aromatic nitrogens is 1. The zero-order valence-electron chi connectivity index (χ0n) is 18.5. The van der Waals surface area contributed by atoms with Crippen molar-refractivity contribution in [2.75, 3.05) is 0 Å². The van der Waals surface area contributed by atoms with Crippen LogP contribution in [0.3, 0.4) is 0 Å². The van der Waals surface area contributed by atoms with Crippen molar-refractivity contribution in [2.24, 2.45) is 0 Å². The number of nitro benzene ring substituents is 1. The van der Waals surface area contributed by atoms with E-state index in [1.54, 1.807) is 12.1 Å². The van der Waals surface area contributed by atoms with Crippen molar-refractivity contribution in [3.63, 3.8) is 0 Å². The maximum atomic E-state index is 13.2. The van der Waals surface area contributed by atoms with Gasteiger partial charge in [0.05, 0.1) is 16.7 Å². The second-order valence-corrected chi connectivity index (χ2v) is 8.55. The highest BCUT2D eigenvalue weighted by Gasteiger charge is 2.25. The molecule has 1 aromatic heterocycles. The van der Waals surface area contributed by atoms with Crippen LogP contribution in [0.1, 0.15) is 41.7 Å². The monoisotopic (exact) mass is 466 g/mol. The predicted octanol–water partition coefficient (Wildman–Crippen LogP) is 3.76. The van der Waals surface area contributed by atoms with E-state index in [9.17, 15) is 19.7 Å². The van der Waals surface area contributed by atoms with Gasteiger partial charge in [-0.05, 0) is 24.0 Å². The maximum Gasteiger partial charge on any atom is 0.269 e. The SMILES string of the molecule is CCc1csc(C(Cc2ccc([N+](=O)[O-])cc2)NC(=O)[C@H](Cc2ccccc2)NC(C)=O)n1. The van der Waals surface area contributed by atoms with E-state index in [1.807, 2.05) is 42.6 Å². The molecule has 0 aliphatic heterocycles. The molecule has 2 N–H and O–H groups in total. The van der Waals surface area contributed by atoms with Crippen LogP contribution in [-0.2, 0) is 28.9 Å². The maximum absolute atomic E-state index is 13.2. The highest BCUT2D eigenvalue weighted by molar-refractivity contribution is 7.09. The van der Waals surface area contributed by atoms with Gasteiger partial charge in [0.25, 0.3) is 5.69 Å². The highest BCUT2D eigenvalue weighted by Crippen LogP contribution is 2.24. The lowest BCUT2D eigenvalue weighted by Gasteiger charge is -2.22. The average molecular weight is 467 g/mol. The summed E-state index contributed by atoms with van der Waals surface area (Å²) in [6, 6.07) is 14.6. The molecular formula is C24H26N4O4S. The number of hydrogen-bond acceptors (Lipinski definition) is 6. The molecule has 2 aromatic carbocycles. The van der Waals surface area contributed by atoms with Crippen LogP contribution in [0.15, 0.2) is 60.0 Å². The van der Waals surface area contributed by atoms with E-state index in [1.165, 1.54) is 30.4 Å². The number of nitro groups is 1. The molecule has 1 heterocycles. The van der Waals surface area contributed by atoms with E-state index >= 15 is 0 Å². The second kappa shape index (κ2) is 11.3. The highest BCUT2D eigenvalue weighted by atomic mass is 32.1. The molecule has 33 heavy (non-hydrogen) atoms. The van der Waals surface area contributed by atoms with Crippen LogP contribution in [-0.4, -0.2) is 27.8 Å². The Morgan fingerprint density at radius 3 is 2.27 bits per heavy atom. The summed E-state index contributed by atoms with van der Waals surface area (Å²) >= 11 is 1.46. The summed E-state index contributed by atoms with van der Waals surface area (Å²) in [5.41, 5.74) is 2.70. The first kappa shape index (κ1) is 24.1. The number of carbonyl (C=O) groups excluding carboxylic acids is 2. The number of thiazole rings is 1. The van der Waals surface area contributed by atoms with Crippen molar-refractivity contribution < 1.29 is 14.5 Å². The van der Waals surface area contributed by atoms with Crippen molar-refractivity contribution in [3.05, 3.63) is 91.9 Å². The summed E-state index contributed by atoms with van der Waals surface area (Å²) in [4.78, 5) is 40.2. The Hall–Kier alpha value is -3.59. The van der Waals surface area contributed by atoms with E-state index in [4.69, 9.17) is 0 Å². The lowest BCUT2D eigenvalue weighted by molar-refractivity contribution is -0.384. The smallest absolute Gasteiger partial charge is 0.269 e. The van der Waals surface area contributed by atoms with E-state index in [2.05, 4.69) is 15.6 Å². The standard InChI is InChI=1S/C24H26N4O4S/c1-3-19-15-33-24(26-19)22(14-18-9-11-20(12-10-18)28(31)32)27-23(30)21(25-16(2)29)13-17-7-5-4-6-8-17/h4-12,15,21-22H,3,13-14H2,1-2H3,(H,25,29)(H,27,30)/t21-,22?/m0/s1. The minimum Gasteiger partial charge on any atom is -0.345 e. The van der Waals surface area contributed by atoms with Crippen LogP contribution in [0.25, 0.3) is 0 Å². The zero-order chi connectivity index (χ0) is 23.8. The third-order valence-electron chi connectivity index (χ3n) is 5.11. The van der Waals surface area contributed by atoms with Crippen LogP contribution < -0.4 is 10.6 Å². The minimum absolute atomic E-state index is 0.00966. The van der Waals surface area contributed by atoms with Crippen LogP contribution in [0, 0.1) is 10.1 Å². The molecule has 0 aliphatic carbocycles. The van der Waals surface area contributed by atoms with Gasteiger partial charge in [-0.25, -0.2) is 4.98 Å². The lowest BCUT2D eigenvalue weighted by Crippen LogP contribution is -2.48. The van der Waals surface area contributed by atoms with Gasteiger partial charge in [0.15, 0.2) is 0 Å². The number of carbonyl (C=O) groups is 2. The van der Waals surface area contributed by atoms with Crippen molar-refractivity contribution in [2.45, 2.75) is 45.2 Å². The minimum atomic E-state index is -0.741. The molecule has 0 bridgehead atoms. The molecule has 8 nitrogen and oxygen atoms in total. The van der Waals surface area contributed by atoms with Gasteiger partial charge in [-0.15, -0.1) is 11.3 Å². The Morgan fingerprint density at radius 2 is 1.70 bits per heavy atom. The van der Waals surface area contributed by atoms with Gasteiger partial charge in [-0.2, -0.15) is 0 Å². The molecule has 0 radical (unpaired) electrons. The largest absolute Gasteiger partial charge is 0.345 e. The third kappa shape index (κ3) is 6.95. The van der Waals surface area contributed by atoms with Crippen molar-refractivity contribution >= 4 is 28.8 Å². The molecule has 2 amide bonds. The van der Waals surface area contributed by atoms with Crippen molar-refractivity contribution in [1.82, 2.24) is 15.6 Å². The van der Waals surface area contributed by atoms with E-state index in [0.29, 0.717) is 12.8 Å². The molecule has 0 aliphatic rings. The molecular weight excluding hydrogens is 440 g/mol. The van der Waals surface area contributed by atoms with Gasteiger partial charge in [-0.1, -0.05) is 49.4 Å². The molecule has 0 fully saturated rings. The summed E-state index contributed by atoms with van der Waals surface area (Å²) in [5.74, 6) is -0.602. The van der Waals surface area contributed by atoms with Gasteiger partial charge in [-0.3, -0.25) is 19.7 Å². The van der Waals surface area contributed by atoms with Gasteiger partial charge >= 0.3 is 0 Å². The van der Waals surface area contributed by atoms with Crippen LogP contribution >= 0.6 is 11.3 Å². The van der Waals surface area contributed by atoms with Crippen molar-refractivity contribution in [1.29, 1.82) is 0 Å². The fourth-order valence-corrected chi connectivity index (χ4v) is 4.36. The molecule has 3 aromatic rings. The van der Waals surface area contributed by atoms with Gasteiger partial charge in [0, 0.05) is 30.9 Å². The Labute approximate surface area is 196 Å². The Bertz CT molecular complexity index is 1100. The molecule has 172 valence electrons. The summed E-state index contributed by atoms with van der Waals surface area (Å²) in [6.07, 6.45) is 1.55. The molecule has 0 spiro atoms. The molecule has 3 rings (SSSR count). The third-order valence-corrected chi connectivity index (χ3v) is 6.12. The molecule has 0 saturated carbocycles. The van der Waals surface area contributed by atoms with Gasteiger partial charge < -0.3 is 10.6 Å². The number of benzene rings is 2. The van der Waals surface area contributed by atoms with Crippen LogP contribution in [0.4, 0.5) is 5.69 Å². The predicted molar refractivity (Wildman–Crippen MR) is 127 cm³/mol. The average Bonchev–Trinajstić information content (AvgIpc) is 3.28. The number of aryl methyl sites for hydroxylation is 1. The number of nitrogens with zero attached hydrogens (tertiary/aromatic N) is 2. The molecule has 2 atom stereocenters. The Kier molecular flexibility index (Phi) is 8.26. The van der Waals surface area contributed by atoms with Crippen LogP contribution in [0.5, 0.6) is 0 Å². The van der Waals surface area contributed by atoms with E-state index in [0.717, 1.165) is 28.2 Å². The number of hydrogen-bond donors (Lipinski definition) is 2. The molecule has 1 unspecified atom stereocenters. The van der Waals surface area contributed by atoms with Gasteiger partial charge in [0.1, 0.15) is 11.0 Å².